The van der Waals surface area contributed by atoms with Gasteiger partial charge in [0, 0.05) is 4.47 Å². The van der Waals surface area contributed by atoms with Gasteiger partial charge in [0.25, 0.3) is 11.7 Å². The highest BCUT2D eigenvalue weighted by Crippen LogP contribution is 2.32. The first-order chi connectivity index (χ1) is 14.5. The number of rotatable bonds is 5. The molecule has 30 heavy (non-hydrogen) atoms. The summed E-state index contributed by atoms with van der Waals surface area (Å²) >= 11 is 4.69. The van der Waals surface area contributed by atoms with Crippen molar-refractivity contribution in [1.29, 1.82) is 0 Å². The molecule has 0 spiro atoms. The van der Waals surface area contributed by atoms with E-state index in [0.29, 0.717) is 22.0 Å². The maximum atomic E-state index is 12.6. The van der Waals surface area contributed by atoms with Crippen LogP contribution < -0.4 is 4.90 Å². The van der Waals surface area contributed by atoms with E-state index in [1.165, 1.54) is 20.9 Å². The minimum atomic E-state index is -0.608. The van der Waals surface area contributed by atoms with Gasteiger partial charge in [-0.1, -0.05) is 33.3 Å². The van der Waals surface area contributed by atoms with E-state index in [1.807, 2.05) is 24.3 Å². The van der Waals surface area contributed by atoms with E-state index >= 15 is 0 Å². The van der Waals surface area contributed by atoms with Crippen molar-refractivity contribution in [2.45, 2.75) is 13.1 Å². The highest BCUT2D eigenvalue weighted by atomic mass is 79.9. The van der Waals surface area contributed by atoms with Gasteiger partial charge in [0.05, 0.1) is 34.2 Å². The quantitative estimate of drug-likeness (QED) is 0.320. The number of Topliss-reactive ketones (excluding diaryl/α,β-unsaturated/α-hetero) is 2. The molecule has 0 bridgehead atoms. The van der Waals surface area contributed by atoms with Crippen LogP contribution in [0.1, 0.15) is 25.9 Å². The van der Waals surface area contributed by atoms with Crippen LogP contribution in [-0.4, -0.2) is 37.5 Å². The van der Waals surface area contributed by atoms with E-state index in [2.05, 4.69) is 31.2 Å². The third-order valence-corrected chi connectivity index (χ3v) is 6.25. The first-order valence-electron chi connectivity index (χ1n) is 8.93. The molecule has 148 valence electrons. The summed E-state index contributed by atoms with van der Waals surface area (Å²) in [6.07, 6.45) is 1.60. The topological polar surface area (TPSA) is 98.1 Å². The molecule has 0 N–H and O–H groups in total. The van der Waals surface area contributed by atoms with Crippen LogP contribution in [0, 0.1) is 0 Å². The third-order valence-electron chi connectivity index (χ3n) is 4.68. The van der Waals surface area contributed by atoms with Crippen LogP contribution in [-0.2, 0) is 17.9 Å². The molecule has 10 heteroatoms. The molecule has 0 unspecified atom stereocenters. The summed E-state index contributed by atoms with van der Waals surface area (Å²) in [5.74, 6) is -1.33. The van der Waals surface area contributed by atoms with Gasteiger partial charge in [-0.15, -0.1) is 16.4 Å². The average molecular weight is 482 g/mol. The van der Waals surface area contributed by atoms with Crippen LogP contribution in [0.15, 0.2) is 53.1 Å². The molecule has 2 aromatic heterocycles. The fourth-order valence-corrected chi connectivity index (χ4v) is 4.53. The van der Waals surface area contributed by atoms with Crippen LogP contribution in [0.3, 0.4) is 0 Å². The van der Waals surface area contributed by atoms with Gasteiger partial charge >= 0.3 is 0 Å². The smallest absolute Gasteiger partial charge is 0.299 e. The largest absolute Gasteiger partial charge is 0.299 e. The number of nitrogens with zero attached hydrogens (tertiary/aromatic N) is 5. The Morgan fingerprint density at radius 1 is 1.13 bits per heavy atom. The predicted molar refractivity (Wildman–Crippen MR) is 114 cm³/mol. The fraction of sp³-hybridized carbons (Fsp3) is 0.100. The van der Waals surface area contributed by atoms with E-state index in [-0.39, 0.29) is 18.9 Å². The van der Waals surface area contributed by atoms with E-state index in [1.54, 1.807) is 24.4 Å². The van der Waals surface area contributed by atoms with Crippen molar-refractivity contribution < 1.29 is 14.4 Å². The van der Waals surface area contributed by atoms with E-state index in [4.69, 9.17) is 0 Å². The Bertz CT molecular complexity index is 1310. The molecule has 0 aliphatic carbocycles. The SMILES string of the molecule is O=C(Cn1cc(CN2C(=O)C(=O)c3ccc(Br)cc32)nn1)c1nc2ccccc2s1. The molecule has 0 saturated carbocycles. The lowest BCUT2D eigenvalue weighted by Gasteiger charge is -2.14. The summed E-state index contributed by atoms with van der Waals surface area (Å²) in [4.78, 5) is 42.9. The molecule has 0 radical (unpaired) electrons. The Morgan fingerprint density at radius 3 is 2.80 bits per heavy atom. The summed E-state index contributed by atoms with van der Waals surface area (Å²) in [5, 5.41) is 8.45. The van der Waals surface area contributed by atoms with E-state index in [0.717, 1.165) is 14.7 Å². The number of carbonyl (C=O) groups is 3. The van der Waals surface area contributed by atoms with Gasteiger partial charge in [-0.2, -0.15) is 0 Å². The molecule has 1 amide bonds. The lowest BCUT2D eigenvalue weighted by atomic mass is 10.1. The predicted octanol–water partition coefficient (Wildman–Crippen LogP) is 3.26. The fourth-order valence-electron chi connectivity index (χ4n) is 3.28. The number of amides is 1. The maximum Gasteiger partial charge on any atom is 0.299 e. The maximum absolute atomic E-state index is 12.6. The van der Waals surface area contributed by atoms with Crippen LogP contribution in [0.2, 0.25) is 0 Å². The summed E-state index contributed by atoms with van der Waals surface area (Å²) in [6.45, 7) is 0.0746. The number of fused-ring (bicyclic) bond motifs is 2. The van der Waals surface area contributed by atoms with Crippen molar-refractivity contribution in [2.75, 3.05) is 4.90 Å². The molecule has 2 aromatic carbocycles. The van der Waals surface area contributed by atoms with Crippen molar-refractivity contribution in [1.82, 2.24) is 20.0 Å². The van der Waals surface area contributed by atoms with Gasteiger partial charge in [0.15, 0.2) is 5.01 Å². The number of benzene rings is 2. The zero-order valence-electron chi connectivity index (χ0n) is 15.3. The highest BCUT2D eigenvalue weighted by molar-refractivity contribution is 9.10. The standard InChI is InChI=1S/C20H12BrN5O3S/c21-11-5-6-13-15(7-11)26(20(29)18(13)28)9-12-8-25(24-23-12)10-16(27)19-22-14-3-1-2-4-17(14)30-19/h1-8H,9-10H2. The molecule has 0 saturated heterocycles. The average Bonchev–Trinajstić information content (AvgIpc) is 3.42. The van der Waals surface area contributed by atoms with Crippen LogP contribution in [0.4, 0.5) is 5.69 Å². The van der Waals surface area contributed by atoms with Gasteiger partial charge in [-0.3, -0.25) is 19.3 Å². The third kappa shape index (κ3) is 3.23. The second-order valence-electron chi connectivity index (χ2n) is 6.70. The molecule has 0 fully saturated rings. The molecule has 1 aliphatic rings. The zero-order valence-corrected chi connectivity index (χ0v) is 17.7. The number of halogens is 1. The van der Waals surface area contributed by atoms with Gasteiger partial charge < -0.3 is 0 Å². The normalized spacial score (nSPS) is 13.3. The van der Waals surface area contributed by atoms with E-state index < -0.39 is 11.7 Å². The number of ketones is 2. The monoisotopic (exact) mass is 481 g/mol. The number of para-hydroxylation sites is 1. The lowest BCUT2D eigenvalue weighted by Crippen LogP contribution is -2.29. The first kappa shape index (κ1) is 18.8. The Labute approximate surface area is 182 Å². The minimum absolute atomic E-state index is 0.0121. The van der Waals surface area contributed by atoms with Gasteiger partial charge in [-0.25, -0.2) is 9.67 Å². The van der Waals surface area contributed by atoms with Crippen molar-refractivity contribution in [3.05, 3.63) is 69.4 Å². The summed E-state index contributed by atoms with van der Waals surface area (Å²) in [7, 11) is 0. The Morgan fingerprint density at radius 2 is 1.97 bits per heavy atom. The van der Waals surface area contributed by atoms with Crippen LogP contribution in [0.5, 0.6) is 0 Å². The Balaban J connectivity index is 1.34. The highest BCUT2D eigenvalue weighted by Gasteiger charge is 2.36. The van der Waals surface area contributed by atoms with Gasteiger partial charge in [0.2, 0.25) is 5.78 Å². The van der Waals surface area contributed by atoms with Crippen molar-refractivity contribution in [3.8, 4) is 0 Å². The summed E-state index contributed by atoms with van der Waals surface area (Å²) < 4.78 is 3.12. The second-order valence-corrected chi connectivity index (χ2v) is 8.65. The van der Waals surface area contributed by atoms with Crippen LogP contribution in [0.25, 0.3) is 10.2 Å². The molecular formula is C20H12BrN5O3S. The molecule has 3 heterocycles. The van der Waals surface area contributed by atoms with E-state index in [9.17, 15) is 14.4 Å². The zero-order chi connectivity index (χ0) is 20.8. The van der Waals surface area contributed by atoms with Crippen molar-refractivity contribution in [2.24, 2.45) is 0 Å². The number of anilines is 1. The number of thiazole rings is 1. The molecule has 4 aromatic rings. The molecular weight excluding hydrogens is 470 g/mol. The second kappa shape index (κ2) is 7.22. The van der Waals surface area contributed by atoms with Crippen molar-refractivity contribution >= 4 is 60.6 Å². The number of hydrogen-bond acceptors (Lipinski definition) is 7. The molecule has 8 nitrogen and oxygen atoms in total. The van der Waals surface area contributed by atoms with Crippen molar-refractivity contribution in [3.63, 3.8) is 0 Å². The summed E-state index contributed by atoms with van der Waals surface area (Å²) in [6, 6.07) is 12.6. The molecule has 1 aliphatic heterocycles. The number of aromatic nitrogens is 4. The number of carbonyl (C=O) groups excluding carboxylic acids is 3. The number of hydrogen-bond donors (Lipinski definition) is 0. The van der Waals surface area contributed by atoms with Gasteiger partial charge in [-0.05, 0) is 30.3 Å². The Kier molecular flexibility index (Phi) is 4.52. The molecule has 0 atom stereocenters. The summed E-state index contributed by atoms with van der Waals surface area (Å²) in [5.41, 5.74) is 2.15. The molecule has 5 rings (SSSR count). The lowest BCUT2D eigenvalue weighted by molar-refractivity contribution is -0.114. The van der Waals surface area contributed by atoms with Crippen LogP contribution >= 0.6 is 27.3 Å². The Hall–Kier alpha value is -3.24. The minimum Gasteiger partial charge on any atom is -0.299 e. The first-order valence-corrected chi connectivity index (χ1v) is 10.5. The van der Waals surface area contributed by atoms with Gasteiger partial charge in [0.1, 0.15) is 12.2 Å².